The van der Waals surface area contributed by atoms with Crippen LogP contribution in [0.5, 0.6) is 11.5 Å². The molecule has 0 saturated heterocycles. The highest BCUT2D eigenvalue weighted by Gasteiger charge is 2.03. The molecule has 0 unspecified atom stereocenters. The lowest BCUT2D eigenvalue weighted by Crippen LogP contribution is -1.93. The Balaban J connectivity index is 2.28. The van der Waals surface area contributed by atoms with Gasteiger partial charge in [0.25, 0.3) is 0 Å². The van der Waals surface area contributed by atoms with E-state index in [1.54, 1.807) is 31.3 Å². The van der Waals surface area contributed by atoms with E-state index in [-0.39, 0.29) is 5.82 Å². The molecule has 2 rings (SSSR count). The van der Waals surface area contributed by atoms with Gasteiger partial charge in [-0.25, -0.2) is 4.39 Å². The van der Waals surface area contributed by atoms with Crippen molar-refractivity contribution in [1.82, 2.24) is 4.98 Å². The van der Waals surface area contributed by atoms with Gasteiger partial charge in [-0.1, -0.05) is 0 Å². The van der Waals surface area contributed by atoms with E-state index in [9.17, 15) is 4.39 Å². The number of nitrogen functional groups attached to an aromatic ring is 1. The zero-order valence-electron chi connectivity index (χ0n) is 8.77. The molecule has 4 heteroatoms. The highest BCUT2D eigenvalue weighted by atomic mass is 19.1. The fourth-order valence-corrected chi connectivity index (χ4v) is 1.29. The SMILES string of the molecule is Cc1cc(Oc2ccncc2N)ccc1F. The minimum Gasteiger partial charge on any atom is -0.455 e. The summed E-state index contributed by atoms with van der Waals surface area (Å²) < 4.78 is 18.5. The Morgan fingerprint density at radius 2 is 2.12 bits per heavy atom. The minimum absolute atomic E-state index is 0.255. The minimum atomic E-state index is -0.255. The summed E-state index contributed by atoms with van der Waals surface area (Å²) in [6.45, 7) is 1.68. The second kappa shape index (κ2) is 4.18. The van der Waals surface area contributed by atoms with E-state index in [0.717, 1.165) is 0 Å². The molecule has 16 heavy (non-hydrogen) atoms. The second-order valence-corrected chi connectivity index (χ2v) is 3.43. The van der Waals surface area contributed by atoms with E-state index in [1.807, 2.05) is 0 Å². The fourth-order valence-electron chi connectivity index (χ4n) is 1.29. The predicted molar refractivity (Wildman–Crippen MR) is 59.9 cm³/mol. The van der Waals surface area contributed by atoms with E-state index >= 15 is 0 Å². The first-order chi connectivity index (χ1) is 7.66. The Bertz CT molecular complexity index is 514. The fraction of sp³-hybridized carbons (Fsp3) is 0.0833. The Kier molecular flexibility index (Phi) is 2.72. The summed E-state index contributed by atoms with van der Waals surface area (Å²) in [4.78, 5) is 3.85. The van der Waals surface area contributed by atoms with Crippen molar-refractivity contribution in [3.8, 4) is 11.5 Å². The molecular formula is C12H11FN2O. The van der Waals surface area contributed by atoms with Crippen molar-refractivity contribution in [2.24, 2.45) is 0 Å². The lowest BCUT2D eigenvalue weighted by Gasteiger charge is -2.08. The molecule has 0 aliphatic carbocycles. The first-order valence-corrected chi connectivity index (χ1v) is 4.80. The summed E-state index contributed by atoms with van der Waals surface area (Å²) in [5.41, 5.74) is 6.66. The summed E-state index contributed by atoms with van der Waals surface area (Å²) in [7, 11) is 0. The molecule has 82 valence electrons. The standard InChI is InChI=1S/C12H11FN2O/c1-8-6-9(2-3-10(8)13)16-12-4-5-15-7-11(12)14/h2-7H,14H2,1H3. The molecule has 0 aliphatic heterocycles. The van der Waals surface area contributed by atoms with Crippen LogP contribution in [-0.4, -0.2) is 4.98 Å². The van der Waals surface area contributed by atoms with Gasteiger partial charge >= 0.3 is 0 Å². The third-order valence-corrected chi connectivity index (χ3v) is 2.17. The van der Waals surface area contributed by atoms with E-state index in [2.05, 4.69) is 4.98 Å². The van der Waals surface area contributed by atoms with Crippen LogP contribution in [0.15, 0.2) is 36.7 Å². The van der Waals surface area contributed by atoms with E-state index in [0.29, 0.717) is 22.7 Å². The molecule has 1 aromatic carbocycles. The van der Waals surface area contributed by atoms with Crippen molar-refractivity contribution in [2.75, 3.05) is 5.73 Å². The summed E-state index contributed by atoms with van der Waals surface area (Å²) in [6.07, 6.45) is 3.09. The van der Waals surface area contributed by atoms with Crippen molar-refractivity contribution >= 4 is 5.69 Å². The molecule has 1 heterocycles. The third kappa shape index (κ3) is 2.11. The van der Waals surface area contributed by atoms with Crippen LogP contribution in [0.4, 0.5) is 10.1 Å². The Labute approximate surface area is 92.7 Å². The normalized spacial score (nSPS) is 10.1. The molecule has 0 radical (unpaired) electrons. The molecule has 0 aliphatic rings. The largest absolute Gasteiger partial charge is 0.455 e. The van der Waals surface area contributed by atoms with Crippen LogP contribution in [0.2, 0.25) is 0 Å². The van der Waals surface area contributed by atoms with Gasteiger partial charge in [0.2, 0.25) is 0 Å². The molecule has 0 atom stereocenters. The van der Waals surface area contributed by atoms with Gasteiger partial charge in [0.1, 0.15) is 11.6 Å². The summed E-state index contributed by atoms with van der Waals surface area (Å²) in [5, 5.41) is 0. The molecule has 2 N–H and O–H groups in total. The molecule has 2 aromatic rings. The Morgan fingerprint density at radius 3 is 2.81 bits per heavy atom. The van der Waals surface area contributed by atoms with Crippen molar-refractivity contribution < 1.29 is 9.13 Å². The van der Waals surface area contributed by atoms with Gasteiger partial charge in [-0.3, -0.25) is 4.98 Å². The van der Waals surface area contributed by atoms with Crippen molar-refractivity contribution in [3.63, 3.8) is 0 Å². The zero-order valence-corrected chi connectivity index (χ0v) is 8.77. The van der Waals surface area contributed by atoms with Gasteiger partial charge in [0.15, 0.2) is 5.75 Å². The molecule has 1 aromatic heterocycles. The second-order valence-electron chi connectivity index (χ2n) is 3.43. The molecular weight excluding hydrogens is 207 g/mol. The van der Waals surface area contributed by atoms with Crippen LogP contribution in [0.1, 0.15) is 5.56 Å². The number of pyridine rings is 1. The number of nitrogens with zero attached hydrogens (tertiary/aromatic N) is 1. The van der Waals surface area contributed by atoms with Crippen molar-refractivity contribution in [3.05, 3.63) is 48.0 Å². The zero-order chi connectivity index (χ0) is 11.5. The summed E-state index contributed by atoms with van der Waals surface area (Å²) in [5.74, 6) is 0.813. The van der Waals surface area contributed by atoms with Gasteiger partial charge in [-0.05, 0) is 30.7 Å². The van der Waals surface area contributed by atoms with E-state index in [1.165, 1.54) is 12.3 Å². The van der Waals surface area contributed by atoms with Crippen molar-refractivity contribution in [2.45, 2.75) is 6.92 Å². The predicted octanol–water partition coefficient (Wildman–Crippen LogP) is 2.90. The number of aromatic nitrogens is 1. The maximum Gasteiger partial charge on any atom is 0.153 e. The highest BCUT2D eigenvalue weighted by molar-refractivity contribution is 5.51. The quantitative estimate of drug-likeness (QED) is 0.843. The molecule has 3 nitrogen and oxygen atoms in total. The molecule has 0 amide bonds. The van der Waals surface area contributed by atoms with Crippen LogP contribution in [0.3, 0.4) is 0 Å². The Morgan fingerprint density at radius 1 is 1.31 bits per heavy atom. The van der Waals surface area contributed by atoms with Gasteiger partial charge in [-0.15, -0.1) is 0 Å². The number of anilines is 1. The van der Waals surface area contributed by atoms with Crippen molar-refractivity contribution in [1.29, 1.82) is 0 Å². The first-order valence-electron chi connectivity index (χ1n) is 4.80. The monoisotopic (exact) mass is 218 g/mol. The lowest BCUT2D eigenvalue weighted by molar-refractivity contribution is 0.481. The van der Waals surface area contributed by atoms with E-state index < -0.39 is 0 Å². The van der Waals surface area contributed by atoms with Gasteiger partial charge < -0.3 is 10.5 Å². The average Bonchev–Trinajstić information content (AvgIpc) is 2.27. The number of ether oxygens (including phenoxy) is 1. The maximum absolute atomic E-state index is 13.0. The topological polar surface area (TPSA) is 48.1 Å². The number of aryl methyl sites for hydroxylation is 1. The number of benzene rings is 1. The average molecular weight is 218 g/mol. The molecule has 0 spiro atoms. The third-order valence-electron chi connectivity index (χ3n) is 2.17. The van der Waals surface area contributed by atoms with Crippen LogP contribution in [-0.2, 0) is 0 Å². The van der Waals surface area contributed by atoms with Gasteiger partial charge in [0.05, 0.1) is 11.9 Å². The number of rotatable bonds is 2. The van der Waals surface area contributed by atoms with Crippen LogP contribution < -0.4 is 10.5 Å². The smallest absolute Gasteiger partial charge is 0.153 e. The summed E-state index contributed by atoms with van der Waals surface area (Å²) in [6, 6.07) is 6.20. The summed E-state index contributed by atoms with van der Waals surface area (Å²) >= 11 is 0. The number of hydrogen-bond acceptors (Lipinski definition) is 3. The Hall–Kier alpha value is -2.10. The molecule has 0 bridgehead atoms. The highest BCUT2D eigenvalue weighted by Crippen LogP contribution is 2.27. The number of hydrogen-bond donors (Lipinski definition) is 1. The first kappa shape index (κ1) is 10.4. The van der Waals surface area contributed by atoms with Crippen LogP contribution >= 0.6 is 0 Å². The number of nitrogens with two attached hydrogens (primary N) is 1. The lowest BCUT2D eigenvalue weighted by atomic mass is 10.2. The van der Waals surface area contributed by atoms with Gasteiger partial charge in [0, 0.05) is 12.3 Å². The number of halogens is 1. The van der Waals surface area contributed by atoms with Gasteiger partial charge in [-0.2, -0.15) is 0 Å². The molecule has 0 fully saturated rings. The molecule has 0 saturated carbocycles. The van der Waals surface area contributed by atoms with E-state index in [4.69, 9.17) is 10.5 Å². The maximum atomic E-state index is 13.0. The van der Waals surface area contributed by atoms with Crippen LogP contribution in [0, 0.1) is 12.7 Å². The van der Waals surface area contributed by atoms with Crippen LogP contribution in [0.25, 0.3) is 0 Å².